The molecular weight excluding hydrogens is 357 g/mol. The summed E-state index contributed by atoms with van der Waals surface area (Å²) < 4.78 is 39.4. The SMILES string of the molecule is O=C(Cc1cccc(F)c1Cl)c1ccc(F)c(F)c1Br. The molecule has 0 N–H and O–H groups in total. The molecule has 2 rings (SSSR count). The fourth-order valence-electron chi connectivity index (χ4n) is 1.69. The van der Waals surface area contributed by atoms with Gasteiger partial charge in [0.05, 0.1) is 9.50 Å². The van der Waals surface area contributed by atoms with Gasteiger partial charge in [0.15, 0.2) is 17.4 Å². The standard InChI is InChI=1S/C14H7BrClF3O/c15-12-8(4-5-10(18)14(12)19)11(20)6-7-2-1-3-9(17)13(7)16/h1-5H,6H2. The van der Waals surface area contributed by atoms with Crippen LogP contribution in [0.3, 0.4) is 0 Å². The van der Waals surface area contributed by atoms with Crippen LogP contribution < -0.4 is 0 Å². The van der Waals surface area contributed by atoms with E-state index in [0.717, 1.165) is 12.1 Å². The van der Waals surface area contributed by atoms with E-state index in [1.807, 2.05) is 0 Å². The van der Waals surface area contributed by atoms with E-state index >= 15 is 0 Å². The van der Waals surface area contributed by atoms with Crippen molar-refractivity contribution in [3.63, 3.8) is 0 Å². The van der Waals surface area contributed by atoms with Gasteiger partial charge in [0.1, 0.15) is 5.82 Å². The van der Waals surface area contributed by atoms with Gasteiger partial charge in [-0.3, -0.25) is 4.79 Å². The summed E-state index contributed by atoms with van der Waals surface area (Å²) >= 11 is 8.58. The summed E-state index contributed by atoms with van der Waals surface area (Å²) in [5.41, 5.74) is 0.262. The predicted molar refractivity (Wildman–Crippen MR) is 73.5 cm³/mol. The van der Waals surface area contributed by atoms with Crippen LogP contribution in [0, 0.1) is 17.5 Å². The molecule has 0 saturated heterocycles. The molecular formula is C14H7BrClF3O. The van der Waals surface area contributed by atoms with E-state index in [0.29, 0.717) is 0 Å². The molecule has 2 aromatic rings. The van der Waals surface area contributed by atoms with Gasteiger partial charge in [-0.1, -0.05) is 23.7 Å². The molecule has 0 aromatic heterocycles. The monoisotopic (exact) mass is 362 g/mol. The Hall–Kier alpha value is -1.33. The van der Waals surface area contributed by atoms with Crippen LogP contribution in [0.15, 0.2) is 34.8 Å². The van der Waals surface area contributed by atoms with Crippen molar-refractivity contribution in [2.24, 2.45) is 0 Å². The number of carbonyl (C=O) groups is 1. The van der Waals surface area contributed by atoms with Crippen LogP contribution in [0.25, 0.3) is 0 Å². The first-order chi connectivity index (χ1) is 9.41. The maximum absolute atomic E-state index is 13.4. The van der Waals surface area contributed by atoms with Gasteiger partial charge in [-0.25, -0.2) is 13.2 Å². The number of ketones is 1. The number of Topliss-reactive ketones (excluding diaryl/α,β-unsaturated/α-hetero) is 1. The number of rotatable bonds is 3. The average Bonchev–Trinajstić information content (AvgIpc) is 2.41. The summed E-state index contributed by atoms with van der Waals surface area (Å²) in [7, 11) is 0. The average molecular weight is 364 g/mol. The van der Waals surface area contributed by atoms with Crippen molar-refractivity contribution in [3.05, 3.63) is 68.4 Å². The van der Waals surface area contributed by atoms with Gasteiger partial charge >= 0.3 is 0 Å². The minimum Gasteiger partial charge on any atom is -0.294 e. The van der Waals surface area contributed by atoms with Crippen LogP contribution in [0.2, 0.25) is 5.02 Å². The van der Waals surface area contributed by atoms with E-state index in [4.69, 9.17) is 11.6 Å². The highest BCUT2D eigenvalue weighted by Crippen LogP contribution is 2.26. The third-order valence-corrected chi connectivity index (χ3v) is 3.92. The van der Waals surface area contributed by atoms with Crippen molar-refractivity contribution in [1.82, 2.24) is 0 Å². The van der Waals surface area contributed by atoms with Gasteiger partial charge in [-0.05, 0) is 39.7 Å². The molecule has 6 heteroatoms. The molecule has 0 saturated carbocycles. The van der Waals surface area contributed by atoms with Gasteiger partial charge in [-0.15, -0.1) is 0 Å². The molecule has 0 aliphatic heterocycles. The molecule has 0 bridgehead atoms. The number of benzene rings is 2. The summed E-state index contributed by atoms with van der Waals surface area (Å²) in [4.78, 5) is 12.1. The van der Waals surface area contributed by atoms with Crippen LogP contribution in [0.4, 0.5) is 13.2 Å². The first-order valence-corrected chi connectivity index (χ1v) is 6.68. The van der Waals surface area contributed by atoms with Gasteiger partial charge in [-0.2, -0.15) is 0 Å². The highest BCUT2D eigenvalue weighted by molar-refractivity contribution is 9.10. The Morgan fingerprint density at radius 3 is 2.50 bits per heavy atom. The molecule has 0 amide bonds. The van der Waals surface area contributed by atoms with Gasteiger partial charge < -0.3 is 0 Å². The maximum Gasteiger partial charge on any atom is 0.173 e. The van der Waals surface area contributed by atoms with E-state index in [1.54, 1.807) is 0 Å². The Balaban J connectivity index is 2.34. The highest BCUT2D eigenvalue weighted by atomic mass is 79.9. The topological polar surface area (TPSA) is 17.1 Å². The molecule has 0 aliphatic rings. The quantitative estimate of drug-likeness (QED) is 0.557. The zero-order valence-electron chi connectivity index (χ0n) is 9.89. The molecule has 0 spiro atoms. The molecule has 1 nitrogen and oxygen atoms in total. The second-order valence-electron chi connectivity index (χ2n) is 4.04. The maximum atomic E-state index is 13.4. The summed E-state index contributed by atoms with van der Waals surface area (Å²) in [5, 5.41) is -0.153. The Bertz CT molecular complexity index is 688. The largest absolute Gasteiger partial charge is 0.294 e. The number of carbonyl (C=O) groups excluding carboxylic acids is 1. The second kappa shape index (κ2) is 5.97. The first-order valence-electron chi connectivity index (χ1n) is 5.51. The van der Waals surface area contributed by atoms with Crippen molar-refractivity contribution in [2.75, 3.05) is 0 Å². The number of hydrogen-bond acceptors (Lipinski definition) is 1. The van der Waals surface area contributed by atoms with Crippen LogP contribution >= 0.6 is 27.5 Å². The van der Waals surface area contributed by atoms with Gasteiger partial charge in [0.25, 0.3) is 0 Å². The zero-order chi connectivity index (χ0) is 14.9. The van der Waals surface area contributed by atoms with Gasteiger partial charge in [0, 0.05) is 12.0 Å². The lowest BCUT2D eigenvalue weighted by Crippen LogP contribution is -2.07. The van der Waals surface area contributed by atoms with Crippen molar-refractivity contribution in [1.29, 1.82) is 0 Å². The van der Waals surface area contributed by atoms with E-state index < -0.39 is 23.2 Å². The lowest BCUT2D eigenvalue weighted by Gasteiger charge is -2.07. The number of halogens is 5. The minimum absolute atomic E-state index is 0.0239. The van der Waals surface area contributed by atoms with E-state index in [9.17, 15) is 18.0 Å². The van der Waals surface area contributed by atoms with Crippen molar-refractivity contribution >= 4 is 33.3 Å². The molecule has 0 radical (unpaired) electrons. The van der Waals surface area contributed by atoms with Crippen molar-refractivity contribution in [3.8, 4) is 0 Å². The van der Waals surface area contributed by atoms with Crippen molar-refractivity contribution < 1.29 is 18.0 Å². The fraction of sp³-hybridized carbons (Fsp3) is 0.0714. The highest BCUT2D eigenvalue weighted by Gasteiger charge is 2.18. The molecule has 0 heterocycles. The normalized spacial score (nSPS) is 10.7. The lowest BCUT2D eigenvalue weighted by molar-refractivity contribution is 0.0991. The van der Waals surface area contributed by atoms with Crippen LogP contribution in [-0.2, 0) is 6.42 Å². The fourth-order valence-corrected chi connectivity index (χ4v) is 2.43. The van der Waals surface area contributed by atoms with Crippen LogP contribution in [0.1, 0.15) is 15.9 Å². The Morgan fingerprint density at radius 2 is 1.80 bits per heavy atom. The van der Waals surface area contributed by atoms with Crippen LogP contribution in [-0.4, -0.2) is 5.78 Å². The van der Waals surface area contributed by atoms with Crippen molar-refractivity contribution in [2.45, 2.75) is 6.42 Å². The molecule has 20 heavy (non-hydrogen) atoms. The molecule has 2 aromatic carbocycles. The summed E-state index contributed by atoms with van der Waals surface area (Å²) in [6.07, 6.45) is -0.208. The Labute approximate surface area is 126 Å². The summed E-state index contributed by atoms with van der Waals surface area (Å²) in [6.45, 7) is 0. The molecule has 0 unspecified atom stereocenters. The second-order valence-corrected chi connectivity index (χ2v) is 5.21. The Kier molecular flexibility index (Phi) is 4.50. The Morgan fingerprint density at radius 1 is 1.10 bits per heavy atom. The molecule has 104 valence electrons. The van der Waals surface area contributed by atoms with Crippen LogP contribution in [0.5, 0.6) is 0 Å². The molecule has 0 fully saturated rings. The summed E-state index contributed by atoms with van der Waals surface area (Å²) in [5.74, 6) is -3.33. The van der Waals surface area contributed by atoms with E-state index in [-0.39, 0.29) is 27.0 Å². The lowest BCUT2D eigenvalue weighted by atomic mass is 10.0. The summed E-state index contributed by atoms with van der Waals surface area (Å²) in [6, 6.07) is 6.11. The zero-order valence-corrected chi connectivity index (χ0v) is 12.2. The van der Waals surface area contributed by atoms with Gasteiger partial charge in [0.2, 0.25) is 0 Å². The molecule has 0 aliphatic carbocycles. The predicted octanol–water partition coefficient (Wildman–Crippen LogP) is 4.95. The third kappa shape index (κ3) is 2.88. The minimum atomic E-state index is -1.14. The smallest absolute Gasteiger partial charge is 0.173 e. The van der Waals surface area contributed by atoms with E-state index in [2.05, 4.69) is 15.9 Å². The molecule has 0 atom stereocenters. The third-order valence-electron chi connectivity index (χ3n) is 2.72. The number of hydrogen-bond donors (Lipinski definition) is 0. The first kappa shape index (κ1) is 15.1. The van der Waals surface area contributed by atoms with E-state index in [1.165, 1.54) is 18.2 Å².